The lowest BCUT2D eigenvalue weighted by Gasteiger charge is -2.30. The topological polar surface area (TPSA) is 47.6 Å². The first-order chi connectivity index (χ1) is 14.5. The number of benzene rings is 1. The highest BCUT2D eigenvalue weighted by Crippen LogP contribution is 2.29. The second-order valence-electron chi connectivity index (χ2n) is 8.76. The third-order valence-corrected chi connectivity index (χ3v) is 6.73. The van der Waals surface area contributed by atoms with Gasteiger partial charge in [-0.15, -0.1) is 0 Å². The van der Waals surface area contributed by atoms with Crippen molar-refractivity contribution in [1.82, 2.24) is 15.1 Å². The quantitative estimate of drug-likeness (QED) is 0.794. The van der Waals surface area contributed by atoms with Gasteiger partial charge in [0, 0.05) is 30.4 Å². The minimum Gasteiger partial charge on any atom is -0.366 e. The Hall–Kier alpha value is -2.53. The van der Waals surface area contributed by atoms with E-state index in [1.165, 1.54) is 23.4 Å². The summed E-state index contributed by atoms with van der Waals surface area (Å²) in [5, 5.41) is 6.73. The van der Waals surface area contributed by atoms with E-state index in [9.17, 15) is 4.79 Å². The van der Waals surface area contributed by atoms with Crippen molar-refractivity contribution in [2.45, 2.75) is 52.5 Å². The molecule has 30 heavy (non-hydrogen) atoms. The van der Waals surface area contributed by atoms with Crippen LogP contribution in [0.1, 0.15) is 42.4 Å². The van der Waals surface area contributed by atoms with Gasteiger partial charge in [0.05, 0.1) is 18.9 Å². The molecule has 160 valence electrons. The van der Waals surface area contributed by atoms with Crippen LogP contribution in [0.25, 0.3) is 0 Å². The fourth-order valence-corrected chi connectivity index (χ4v) is 4.80. The molecule has 3 aliphatic rings. The van der Waals surface area contributed by atoms with Crippen molar-refractivity contribution >= 4 is 11.6 Å². The maximum atomic E-state index is 12.8. The molecule has 0 bridgehead atoms. The molecule has 5 heteroatoms. The lowest BCUT2D eigenvalue weighted by Crippen LogP contribution is -2.37. The van der Waals surface area contributed by atoms with Crippen LogP contribution in [0.15, 0.2) is 47.8 Å². The van der Waals surface area contributed by atoms with Crippen molar-refractivity contribution in [2.75, 3.05) is 31.6 Å². The highest BCUT2D eigenvalue weighted by Gasteiger charge is 2.29. The number of carbonyl (C=O) groups is 1. The molecule has 1 amide bonds. The standard InChI is InChI=1S/C25H34N4O/c1-18-11-12-19(2)25(20(18)3)27-24(30)16-28-14-7-8-21(13-15-28)29-17-26-22-9-5-4-6-10-23(22)29/h4-6,9,11-12,21,26H,7-8,10,13-17H2,1-3H3,(H,27,30). The van der Waals surface area contributed by atoms with Crippen LogP contribution in [-0.4, -0.2) is 48.1 Å². The lowest BCUT2D eigenvalue weighted by molar-refractivity contribution is -0.117. The molecule has 0 aromatic heterocycles. The average molecular weight is 407 g/mol. The summed E-state index contributed by atoms with van der Waals surface area (Å²) in [6.07, 6.45) is 13.1. The molecule has 1 saturated heterocycles. The maximum Gasteiger partial charge on any atom is 0.238 e. The number of nitrogens with one attached hydrogen (secondary N) is 2. The zero-order valence-corrected chi connectivity index (χ0v) is 18.5. The molecule has 2 heterocycles. The van der Waals surface area contributed by atoms with E-state index in [-0.39, 0.29) is 5.91 Å². The van der Waals surface area contributed by atoms with E-state index in [2.05, 4.69) is 77.6 Å². The van der Waals surface area contributed by atoms with Crippen LogP contribution in [0, 0.1) is 20.8 Å². The summed E-state index contributed by atoms with van der Waals surface area (Å²) in [4.78, 5) is 17.7. The molecule has 1 fully saturated rings. The Balaban J connectivity index is 1.34. The monoisotopic (exact) mass is 406 g/mol. The zero-order chi connectivity index (χ0) is 21.1. The van der Waals surface area contributed by atoms with Gasteiger partial charge in [-0.05, 0) is 69.3 Å². The molecule has 1 aromatic rings. The number of allylic oxidation sites excluding steroid dienone is 4. The third kappa shape index (κ3) is 4.46. The molecule has 5 nitrogen and oxygen atoms in total. The van der Waals surface area contributed by atoms with Gasteiger partial charge in [-0.25, -0.2) is 0 Å². The summed E-state index contributed by atoms with van der Waals surface area (Å²) in [5.41, 5.74) is 7.16. The number of amides is 1. The van der Waals surface area contributed by atoms with E-state index in [1.807, 2.05) is 0 Å². The first-order valence-corrected chi connectivity index (χ1v) is 11.2. The molecule has 1 atom stereocenters. The van der Waals surface area contributed by atoms with Gasteiger partial charge in [-0.1, -0.05) is 30.4 Å². The molecule has 2 aliphatic heterocycles. The normalized spacial score (nSPS) is 21.8. The van der Waals surface area contributed by atoms with E-state index in [0.29, 0.717) is 12.6 Å². The number of anilines is 1. The average Bonchev–Trinajstić information content (AvgIpc) is 2.89. The van der Waals surface area contributed by atoms with Gasteiger partial charge in [0.25, 0.3) is 0 Å². The fourth-order valence-electron chi connectivity index (χ4n) is 4.80. The predicted molar refractivity (Wildman–Crippen MR) is 123 cm³/mol. The number of hydrogen-bond acceptors (Lipinski definition) is 4. The minimum atomic E-state index is 0.0946. The lowest BCUT2D eigenvalue weighted by atomic mass is 10.0. The van der Waals surface area contributed by atoms with E-state index in [4.69, 9.17) is 0 Å². The van der Waals surface area contributed by atoms with Gasteiger partial charge in [0.15, 0.2) is 0 Å². The molecule has 0 spiro atoms. The molecule has 2 N–H and O–H groups in total. The van der Waals surface area contributed by atoms with E-state index in [1.54, 1.807) is 0 Å². The molecule has 0 saturated carbocycles. The van der Waals surface area contributed by atoms with Gasteiger partial charge in [-0.3, -0.25) is 9.69 Å². The Kier molecular flexibility index (Phi) is 6.28. The summed E-state index contributed by atoms with van der Waals surface area (Å²) < 4.78 is 0. The Morgan fingerprint density at radius 2 is 1.97 bits per heavy atom. The molecular formula is C25H34N4O. The Morgan fingerprint density at radius 1 is 1.13 bits per heavy atom. The fraction of sp³-hybridized carbons (Fsp3) is 0.480. The van der Waals surface area contributed by atoms with Gasteiger partial charge in [0.2, 0.25) is 5.91 Å². The Labute approximate surface area is 180 Å². The van der Waals surface area contributed by atoms with Crippen molar-refractivity contribution in [3.8, 4) is 0 Å². The van der Waals surface area contributed by atoms with Crippen molar-refractivity contribution < 1.29 is 4.79 Å². The zero-order valence-electron chi connectivity index (χ0n) is 18.5. The van der Waals surface area contributed by atoms with Crippen LogP contribution in [0.3, 0.4) is 0 Å². The van der Waals surface area contributed by atoms with E-state index in [0.717, 1.165) is 55.8 Å². The summed E-state index contributed by atoms with van der Waals surface area (Å²) in [7, 11) is 0. The van der Waals surface area contributed by atoms with Crippen molar-refractivity contribution in [2.24, 2.45) is 0 Å². The molecule has 1 aliphatic carbocycles. The van der Waals surface area contributed by atoms with Gasteiger partial charge in [0.1, 0.15) is 0 Å². The number of likely N-dealkylation sites (tertiary alicyclic amines) is 1. The molecule has 1 aromatic carbocycles. The first-order valence-electron chi connectivity index (χ1n) is 11.2. The Morgan fingerprint density at radius 3 is 2.83 bits per heavy atom. The highest BCUT2D eigenvalue weighted by atomic mass is 16.2. The number of aryl methyl sites for hydroxylation is 2. The molecule has 1 unspecified atom stereocenters. The van der Waals surface area contributed by atoms with Crippen LogP contribution >= 0.6 is 0 Å². The highest BCUT2D eigenvalue weighted by molar-refractivity contribution is 5.94. The van der Waals surface area contributed by atoms with Crippen LogP contribution in [-0.2, 0) is 4.79 Å². The largest absolute Gasteiger partial charge is 0.366 e. The Bertz CT molecular complexity index is 899. The summed E-state index contributed by atoms with van der Waals surface area (Å²) in [5.74, 6) is 0.0946. The third-order valence-electron chi connectivity index (χ3n) is 6.73. The van der Waals surface area contributed by atoms with Gasteiger partial charge >= 0.3 is 0 Å². The first kappa shape index (κ1) is 20.7. The smallest absolute Gasteiger partial charge is 0.238 e. The molecule has 0 radical (unpaired) electrons. The van der Waals surface area contributed by atoms with Gasteiger partial charge < -0.3 is 15.5 Å². The second kappa shape index (κ2) is 9.09. The number of carbonyl (C=O) groups excluding carboxylic acids is 1. The summed E-state index contributed by atoms with van der Waals surface area (Å²) in [6, 6.07) is 4.74. The number of nitrogens with zero attached hydrogens (tertiary/aromatic N) is 2. The van der Waals surface area contributed by atoms with E-state index < -0.39 is 0 Å². The molecule has 4 rings (SSSR count). The predicted octanol–water partition coefficient (Wildman–Crippen LogP) is 4.00. The summed E-state index contributed by atoms with van der Waals surface area (Å²) >= 11 is 0. The van der Waals surface area contributed by atoms with Crippen LogP contribution in [0.5, 0.6) is 0 Å². The minimum absolute atomic E-state index is 0.0946. The second-order valence-corrected chi connectivity index (χ2v) is 8.76. The van der Waals surface area contributed by atoms with Crippen LogP contribution in [0.2, 0.25) is 0 Å². The summed E-state index contributed by atoms with van der Waals surface area (Å²) in [6.45, 7) is 9.56. The van der Waals surface area contributed by atoms with Crippen molar-refractivity contribution in [3.63, 3.8) is 0 Å². The van der Waals surface area contributed by atoms with Crippen LogP contribution in [0.4, 0.5) is 5.69 Å². The maximum absolute atomic E-state index is 12.8. The van der Waals surface area contributed by atoms with E-state index >= 15 is 0 Å². The van der Waals surface area contributed by atoms with Crippen LogP contribution < -0.4 is 10.6 Å². The van der Waals surface area contributed by atoms with Crippen molar-refractivity contribution in [3.05, 3.63) is 64.5 Å². The van der Waals surface area contributed by atoms with Crippen molar-refractivity contribution in [1.29, 1.82) is 0 Å². The number of hydrogen-bond donors (Lipinski definition) is 2. The molecular weight excluding hydrogens is 372 g/mol. The SMILES string of the molecule is Cc1ccc(C)c(NC(=O)CN2CCCC(N3CNC4=C3CC=CC=C4)CC2)c1C. The van der Waals surface area contributed by atoms with Gasteiger partial charge in [-0.2, -0.15) is 0 Å². The number of rotatable bonds is 4.